The largest absolute Gasteiger partial charge is 0.444 e. The highest BCUT2D eigenvalue weighted by Crippen LogP contribution is 2.41. The summed E-state index contributed by atoms with van der Waals surface area (Å²) in [7, 11) is 2.01. The summed E-state index contributed by atoms with van der Waals surface area (Å²) >= 11 is 0. The van der Waals surface area contributed by atoms with E-state index in [1.807, 2.05) is 32.7 Å². The number of hydrogen-bond donors (Lipinski definition) is 1. The Morgan fingerprint density at radius 1 is 1.47 bits per heavy atom. The molecule has 1 saturated carbocycles. The molecule has 4 heteroatoms. The van der Waals surface area contributed by atoms with Gasteiger partial charge in [0.05, 0.1) is 0 Å². The molecule has 1 aliphatic heterocycles. The van der Waals surface area contributed by atoms with Crippen molar-refractivity contribution < 1.29 is 9.53 Å². The molecule has 1 N–H and O–H groups in total. The van der Waals surface area contributed by atoms with Gasteiger partial charge in [0.2, 0.25) is 0 Å². The molecule has 2 aliphatic rings. The van der Waals surface area contributed by atoms with Crippen LogP contribution in [0.25, 0.3) is 0 Å². The quantitative estimate of drug-likeness (QED) is 0.762. The first-order valence-electron chi connectivity index (χ1n) is 6.53. The van der Waals surface area contributed by atoms with E-state index in [1.165, 1.54) is 19.3 Å². The van der Waals surface area contributed by atoms with Gasteiger partial charge in [0.1, 0.15) is 5.60 Å². The van der Waals surface area contributed by atoms with Crippen molar-refractivity contribution in [2.75, 3.05) is 20.1 Å². The number of amides is 1. The van der Waals surface area contributed by atoms with Crippen molar-refractivity contribution in [3.05, 3.63) is 0 Å². The second-order valence-corrected chi connectivity index (χ2v) is 6.36. The number of ether oxygens (including phenoxy) is 1. The molecule has 0 bridgehead atoms. The zero-order valence-electron chi connectivity index (χ0n) is 11.4. The topological polar surface area (TPSA) is 41.6 Å². The Morgan fingerprint density at radius 3 is 2.71 bits per heavy atom. The molecule has 17 heavy (non-hydrogen) atoms. The Kier molecular flexibility index (Phi) is 3.10. The summed E-state index contributed by atoms with van der Waals surface area (Å²) in [5.41, 5.74) is -0.251. The second-order valence-electron chi connectivity index (χ2n) is 6.36. The van der Waals surface area contributed by atoms with E-state index in [4.69, 9.17) is 4.74 Å². The molecule has 2 atom stereocenters. The van der Waals surface area contributed by atoms with Gasteiger partial charge in [-0.15, -0.1) is 0 Å². The molecular formula is C13H24N2O2. The van der Waals surface area contributed by atoms with Crippen LogP contribution in [0.1, 0.15) is 40.0 Å². The molecule has 2 unspecified atom stereocenters. The van der Waals surface area contributed by atoms with Crippen LogP contribution in [0.5, 0.6) is 0 Å². The molecule has 0 aromatic heterocycles. The van der Waals surface area contributed by atoms with Crippen LogP contribution in [0, 0.1) is 5.92 Å². The van der Waals surface area contributed by atoms with Crippen LogP contribution in [0.3, 0.4) is 0 Å². The van der Waals surface area contributed by atoms with Gasteiger partial charge >= 0.3 is 6.09 Å². The Bertz CT molecular complexity index is 311. The Morgan fingerprint density at radius 2 is 2.18 bits per heavy atom. The maximum Gasteiger partial charge on any atom is 0.410 e. The van der Waals surface area contributed by atoms with Gasteiger partial charge in [-0.2, -0.15) is 0 Å². The number of hydrogen-bond acceptors (Lipinski definition) is 3. The van der Waals surface area contributed by atoms with Crippen LogP contribution < -0.4 is 5.32 Å². The third-order valence-electron chi connectivity index (χ3n) is 4.02. The predicted octanol–water partition coefficient (Wildman–Crippen LogP) is 2.00. The van der Waals surface area contributed by atoms with Crippen molar-refractivity contribution >= 4 is 6.09 Å². The molecule has 1 aliphatic carbocycles. The number of likely N-dealkylation sites (tertiary alicyclic amines) is 1. The molecule has 0 aromatic carbocycles. The summed E-state index contributed by atoms with van der Waals surface area (Å²) in [5, 5.41) is 3.44. The predicted molar refractivity (Wildman–Crippen MR) is 66.9 cm³/mol. The number of carbonyl (C=O) groups excluding carboxylic acids is 1. The van der Waals surface area contributed by atoms with Gasteiger partial charge in [-0.1, -0.05) is 6.42 Å². The summed E-state index contributed by atoms with van der Waals surface area (Å²) in [6, 6.07) is 0. The van der Waals surface area contributed by atoms with Crippen molar-refractivity contribution in [2.45, 2.75) is 51.2 Å². The minimum Gasteiger partial charge on any atom is -0.444 e. The van der Waals surface area contributed by atoms with E-state index in [0.29, 0.717) is 5.92 Å². The molecule has 2 rings (SSSR count). The molecule has 0 aromatic rings. The van der Waals surface area contributed by atoms with Gasteiger partial charge in [0.15, 0.2) is 0 Å². The summed E-state index contributed by atoms with van der Waals surface area (Å²) in [4.78, 5) is 13.9. The van der Waals surface area contributed by atoms with Gasteiger partial charge in [-0.05, 0) is 46.6 Å². The van der Waals surface area contributed by atoms with E-state index in [9.17, 15) is 4.79 Å². The maximum absolute atomic E-state index is 12.0. The minimum absolute atomic E-state index is 0.150. The van der Waals surface area contributed by atoms with Gasteiger partial charge in [-0.3, -0.25) is 0 Å². The Hall–Kier alpha value is -0.770. The third-order valence-corrected chi connectivity index (χ3v) is 4.02. The van der Waals surface area contributed by atoms with Crippen LogP contribution in [0.2, 0.25) is 0 Å². The zero-order chi connectivity index (χ0) is 12.7. The Labute approximate surface area is 104 Å². The molecule has 0 radical (unpaired) electrons. The lowest BCUT2D eigenvalue weighted by molar-refractivity contribution is 0.0275. The smallest absolute Gasteiger partial charge is 0.410 e. The number of carbonyl (C=O) groups is 1. The first kappa shape index (κ1) is 12.7. The van der Waals surface area contributed by atoms with Crippen molar-refractivity contribution in [1.29, 1.82) is 0 Å². The number of fused-ring (bicyclic) bond motifs is 1. The van der Waals surface area contributed by atoms with Gasteiger partial charge in [0, 0.05) is 18.6 Å². The normalized spacial score (nSPS) is 32.7. The Balaban J connectivity index is 2.00. The lowest BCUT2D eigenvalue weighted by Gasteiger charge is -2.29. The fraction of sp³-hybridized carbons (Fsp3) is 0.923. The monoisotopic (exact) mass is 240 g/mol. The summed E-state index contributed by atoms with van der Waals surface area (Å²) in [5.74, 6) is 0.597. The number of nitrogens with one attached hydrogen (secondary N) is 1. The molecule has 1 heterocycles. The maximum atomic E-state index is 12.0. The average Bonchev–Trinajstić information content (AvgIpc) is 2.70. The lowest BCUT2D eigenvalue weighted by Crippen LogP contribution is -2.48. The van der Waals surface area contributed by atoms with Crippen LogP contribution in [0.4, 0.5) is 4.79 Å². The molecule has 4 nitrogen and oxygen atoms in total. The first-order valence-corrected chi connectivity index (χ1v) is 6.53. The molecular weight excluding hydrogens is 216 g/mol. The lowest BCUT2D eigenvalue weighted by atomic mass is 9.91. The number of likely N-dealkylation sites (N-methyl/N-ethyl adjacent to an activating group) is 1. The van der Waals surface area contributed by atoms with Crippen LogP contribution >= 0.6 is 0 Å². The molecule has 1 amide bonds. The highest BCUT2D eigenvalue weighted by Gasteiger charge is 2.50. The van der Waals surface area contributed by atoms with Crippen molar-refractivity contribution in [3.8, 4) is 0 Å². The number of rotatable bonds is 1. The summed E-state index contributed by atoms with van der Waals surface area (Å²) in [6.07, 6.45) is 3.50. The van der Waals surface area contributed by atoms with E-state index in [2.05, 4.69) is 5.32 Å². The highest BCUT2D eigenvalue weighted by molar-refractivity contribution is 5.69. The van der Waals surface area contributed by atoms with Crippen LogP contribution in [-0.2, 0) is 4.74 Å². The van der Waals surface area contributed by atoms with E-state index >= 15 is 0 Å². The van der Waals surface area contributed by atoms with Crippen LogP contribution in [0.15, 0.2) is 0 Å². The van der Waals surface area contributed by atoms with Crippen molar-refractivity contribution in [1.82, 2.24) is 10.2 Å². The van der Waals surface area contributed by atoms with Crippen LogP contribution in [-0.4, -0.2) is 42.3 Å². The van der Waals surface area contributed by atoms with Crippen molar-refractivity contribution in [2.24, 2.45) is 5.92 Å². The van der Waals surface area contributed by atoms with Gasteiger partial charge < -0.3 is 15.0 Å². The molecule has 0 spiro atoms. The van der Waals surface area contributed by atoms with Gasteiger partial charge in [-0.25, -0.2) is 4.79 Å². The minimum atomic E-state index is -0.401. The fourth-order valence-corrected chi connectivity index (χ4v) is 3.16. The highest BCUT2D eigenvalue weighted by atomic mass is 16.6. The molecule has 98 valence electrons. The van der Waals surface area contributed by atoms with E-state index in [1.54, 1.807) is 0 Å². The number of nitrogens with zero attached hydrogens (tertiary/aromatic N) is 1. The van der Waals surface area contributed by atoms with E-state index in [0.717, 1.165) is 13.1 Å². The third kappa shape index (κ3) is 2.41. The van der Waals surface area contributed by atoms with E-state index < -0.39 is 5.60 Å². The fourth-order valence-electron chi connectivity index (χ4n) is 3.16. The summed E-state index contributed by atoms with van der Waals surface area (Å²) in [6.45, 7) is 7.37. The molecule has 2 fully saturated rings. The first-order chi connectivity index (χ1) is 7.86. The summed E-state index contributed by atoms with van der Waals surface area (Å²) < 4.78 is 5.44. The molecule has 1 saturated heterocycles. The van der Waals surface area contributed by atoms with E-state index in [-0.39, 0.29) is 11.6 Å². The van der Waals surface area contributed by atoms with Gasteiger partial charge in [0.25, 0.3) is 0 Å². The average molecular weight is 240 g/mol. The second kappa shape index (κ2) is 4.16. The van der Waals surface area contributed by atoms with Crippen molar-refractivity contribution in [3.63, 3.8) is 0 Å². The SMILES string of the molecule is CNC12CCCC1CN(C(=O)OC(C)(C)C)C2. The standard InChI is InChI=1S/C13H24N2O2/c1-12(2,3)17-11(16)15-8-10-6-5-7-13(10,9-15)14-4/h10,14H,5-9H2,1-4H3. The zero-order valence-corrected chi connectivity index (χ0v) is 11.4.